The third kappa shape index (κ3) is 1.88. The number of aromatic nitrogens is 2. The lowest BCUT2D eigenvalue weighted by atomic mass is 10.1. The maximum absolute atomic E-state index is 9.41. The van der Waals surface area contributed by atoms with E-state index in [1.807, 2.05) is 59.4 Å². The molecule has 0 aliphatic carbocycles. The zero-order valence-corrected chi connectivity index (χ0v) is 11.2. The van der Waals surface area contributed by atoms with Crippen molar-refractivity contribution in [3.05, 3.63) is 54.4 Å². The second kappa shape index (κ2) is 4.79. The molecule has 0 unspecified atom stereocenters. The van der Waals surface area contributed by atoms with Crippen molar-refractivity contribution < 1.29 is 0 Å². The molecule has 92 valence electrons. The highest BCUT2D eigenvalue weighted by Gasteiger charge is 2.12. The summed E-state index contributed by atoms with van der Waals surface area (Å²) in [4.78, 5) is 5.36. The molecule has 3 rings (SSSR count). The van der Waals surface area contributed by atoms with Crippen LogP contribution >= 0.6 is 11.8 Å². The molecule has 0 saturated carbocycles. The lowest BCUT2D eigenvalue weighted by Crippen LogP contribution is -1.91. The Balaban J connectivity index is 2.31. The minimum Gasteiger partial charge on any atom is -0.300 e. The number of thioether (sulfide) groups is 1. The van der Waals surface area contributed by atoms with Gasteiger partial charge in [-0.05, 0) is 24.5 Å². The van der Waals surface area contributed by atoms with Gasteiger partial charge >= 0.3 is 0 Å². The van der Waals surface area contributed by atoms with E-state index in [4.69, 9.17) is 0 Å². The summed E-state index contributed by atoms with van der Waals surface area (Å²) in [6.45, 7) is 0. The molecule has 0 amide bonds. The second-order valence-electron chi connectivity index (χ2n) is 4.07. The Morgan fingerprint density at radius 2 is 2.11 bits per heavy atom. The number of pyridine rings is 1. The third-order valence-electron chi connectivity index (χ3n) is 3.05. The maximum atomic E-state index is 9.41. The second-order valence-corrected chi connectivity index (χ2v) is 4.91. The SMILES string of the molecule is CSc1cccc(-c2cnc3ccccn23)c1C#N. The summed E-state index contributed by atoms with van der Waals surface area (Å²) >= 11 is 1.58. The van der Waals surface area contributed by atoms with Crippen LogP contribution in [0, 0.1) is 11.3 Å². The maximum Gasteiger partial charge on any atom is 0.137 e. The van der Waals surface area contributed by atoms with Crippen molar-refractivity contribution in [2.45, 2.75) is 4.90 Å². The van der Waals surface area contributed by atoms with E-state index >= 15 is 0 Å². The molecule has 0 spiro atoms. The number of nitriles is 1. The fourth-order valence-corrected chi connectivity index (χ4v) is 2.74. The van der Waals surface area contributed by atoms with Crippen molar-refractivity contribution in [1.82, 2.24) is 9.38 Å². The highest BCUT2D eigenvalue weighted by Crippen LogP contribution is 2.30. The quantitative estimate of drug-likeness (QED) is 0.665. The van der Waals surface area contributed by atoms with Gasteiger partial charge in [-0.25, -0.2) is 4.98 Å². The highest BCUT2D eigenvalue weighted by molar-refractivity contribution is 7.98. The number of benzene rings is 1. The van der Waals surface area contributed by atoms with Gasteiger partial charge in [0.25, 0.3) is 0 Å². The summed E-state index contributed by atoms with van der Waals surface area (Å²) in [6.07, 6.45) is 5.76. The van der Waals surface area contributed by atoms with Crippen LogP contribution < -0.4 is 0 Å². The van der Waals surface area contributed by atoms with E-state index in [2.05, 4.69) is 11.1 Å². The molecule has 1 aromatic carbocycles. The summed E-state index contributed by atoms with van der Waals surface area (Å²) in [5, 5.41) is 9.41. The zero-order chi connectivity index (χ0) is 13.2. The van der Waals surface area contributed by atoms with Gasteiger partial charge in [0.1, 0.15) is 11.7 Å². The van der Waals surface area contributed by atoms with Gasteiger partial charge in [0, 0.05) is 16.7 Å². The number of rotatable bonds is 2. The third-order valence-corrected chi connectivity index (χ3v) is 3.83. The molecule has 2 heterocycles. The number of nitrogens with zero attached hydrogens (tertiary/aromatic N) is 3. The molecule has 0 radical (unpaired) electrons. The molecule has 0 fully saturated rings. The molecule has 0 aliphatic rings. The molecule has 0 atom stereocenters. The van der Waals surface area contributed by atoms with E-state index in [0.717, 1.165) is 21.8 Å². The first-order chi connectivity index (χ1) is 9.35. The van der Waals surface area contributed by atoms with Crippen LogP contribution in [0.1, 0.15) is 5.56 Å². The smallest absolute Gasteiger partial charge is 0.137 e. The van der Waals surface area contributed by atoms with Gasteiger partial charge in [0.05, 0.1) is 17.5 Å². The van der Waals surface area contributed by atoms with Crippen LogP contribution in [0.5, 0.6) is 0 Å². The largest absolute Gasteiger partial charge is 0.300 e. The predicted molar refractivity (Wildman–Crippen MR) is 77.1 cm³/mol. The first-order valence-electron chi connectivity index (χ1n) is 5.84. The number of imidazole rings is 1. The molecule has 0 saturated heterocycles. The molecular formula is C15H11N3S. The van der Waals surface area contributed by atoms with E-state index in [1.165, 1.54) is 0 Å². The van der Waals surface area contributed by atoms with E-state index in [0.29, 0.717) is 5.56 Å². The average molecular weight is 265 g/mol. The molecule has 3 nitrogen and oxygen atoms in total. The van der Waals surface area contributed by atoms with Crippen LogP contribution in [-0.4, -0.2) is 15.6 Å². The minimum absolute atomic E-state index is 0.709. The van der Waals surface area contributed by atoms with Gasteiger partial charge in [-0.3, -0.25) is 4.40 Å². The number of fused-ring (bicyclic) bond motifs is 1. The predicted octanol–water partition coefficient (Wildman–Crippen LogP) is 3.59. The molecule has 3 aromatic rings. The van der Waals surface area contributed by atoms with Crippen LogP contribution in [0.25, 0.3) is 16.9 Å². The van der Waals surface area contributed by atoms with Crippen molar-refractivity contribution in [2.24, 2.45) is 0 Å². The van der Waals surface area contributed by atoms with Crippen LogP contribution in [0.4, 0.5) is 0 Å². The monoisotopic (exact) mass is 265 g/mol. The van der Waals surface area contributed by atoms with Crippen LogP contribution in [0.15, 0.2) is 53.7 Å². The molecular weight excluding hydrogens is 254 g/mol. The summed E-state index contributed by atoms with van der Waals surface area (Å²) < 4.78 is 2.00. The van der Waals surface area contributed by atoms with Crippen LogP contribution in [0.3, 0.4) is 0 Å². The molecule has 19 heavy (non-hydrogen) atoms. The van der Waals surface area contributed by atoms with Gasteiger partial charge in [0.2, 0.25) is 0 Å². The summed E-state index contributed by atoms with van der Waals surface area (Å²) in [7, 11) is 0. The standard InChI is InChI=1S/C15H11N3S/c1-19-14-6-4-5-11(12(14)9-16)13-10-17-15-7-2-3-8-18(13)15/h2-8,10H,1H3. The Kier molecular flexibility index (Phi) is 2.98. The van der Waals surface area contributed by atoms with Crippen LogP contribution in [0.2, 0.25) is 0 Å². The van der Waals surface area contributed by atoms with Crippen molar-refractivity contribution in [2.75, 3.05) is 6.26 Å². The summed E-state index contributed by atoms with van der Waals surface area (Å²) in [5.74, 6) is 0. The normalized spacial score (nSPS) is 10.5. The highest BCUT2D eigenvalue weighted by atomic mass is 32.2. The topological polar surface area (TPSA) is 41.1 Å². The first-order valence-corrected chi connectivity index (χ1v) is 7.07. The summed E-state index contributed by atoms with van der Waals surface area (Å²) in [5.41, 5.74) is 3.47. The lowest BCUT2D eigenvalue weighted by Gasteiger charge is -2.07. The van der Waals surface area contributed by atoms with Gasteiger partial charge < -0.3 is 0 Å². The molecule has 0 bridgehead atoms. The van der Waals surface area contributed by atoms with Gasteiger partial charge in [-0.15, -0.1) is 11.8 Å². The Morgan fingerprint density at radius 3 is 2.89 bits per heavy atom. The van der Waals surface area contributed by atoms with Crippen molar-refractivity contribution in [1.29, 1.82) is 5.26 Å². The Hall–Kier alpha value is -2.25. The summed E-state index contributed by atoms with van der Waals surface area (Å²) in [6, 6.07) is 14.1. The van der Waals surface area contributed by atoms with Crippen molar-refractivity contribution in [3.8, 4) is 17.3 Å². The van der Waals surface area contributed by atoms with E-state index in [1.54, 1.807) is 11.8 Å². The lowest BCUT2D eigenvalue weighted by molar-refractivity contribution is 1.18. The van der Waals surface area contributed by atoms with E-state index in [9.17, 15) is 5.26 Å². The zero-order valence-electron chi connectivity index (χ0n) is 10.4. The molecule has 4 heteroatoms. The van der Waals surface area contributed by atoms with Crippen LogP contribution in [-0.2, 0) is 0 Å². The minimum atomic E-state index is 0.709. The Morgan fingerprint density at radius 1 is 1.21 bits per heavy atom. The molecule has 2 aromatic heterocycles. The Labute approximate surface area is 115 Å². The van der Waals surface area contributed by atoms with Gasteiger partial charge in [-0.1, -0.05) is 18.2 Å². The number of hydrogen-bond donors (Lipinski definition) is 0. The van der Waals surface area contributed by atoms with Crippen molar-refractivity contribution >= 4 is 17.4 Å². The fraction of sp³-hybridized carbons (Fsp3) is 0.0667. The molecule has 0 aliphatic heterocycles. The van der Waals surface area contributed by atoms with E-state index < -0.39 is 0 Å². The van der Waals surface area contributed by atoms with Crippen molar-refractivity contribution in [3.63, 3.8) is 0 Å². The van der Waals surface area contributed by atoms with Gasteiger partial charge in [-0.2, -0.15) is 5.26 Å². The Bertz CT molecular complexity index is 783. The van der Waals surface area contributed by atoms with E-state index in [-0.39, 0.29) is 0 Å². The molecule has 0 N–H and O–H groups in total. The van der Waals surface area contributed by atoms with Gasteiger partial charge in [0.15, 0.2) is 0 Å². The average Bonchev–Trinajstić information content (AvgIpc) is 2.90. The first kappa shape index (κ1) is 11.8. The number of hydrogen-bond acceptors (Lipinski definition) is 3. The fourth-order valence-electron chi connectivity index (χ4n) is 2.16.